The summed E-state index contributed by atoms with van der Waals surface area (Å²) in [4.78, 5) is 29.8. The number of likely N-dealkylation sites (tertiary alicyclic amines) is 2. The molecule has 0 saturated carbocycles. The van der Waals surface area contributed by atoms with Gasteiger partial charge in [0.2, 0.25) is 25.8 Å². The number of amides is 2. The smallest absolute Gasteiger partial charge is 0.378 e. The average Bonchev–Trinajstić information content (AvgIpc) is 3.54. The molecule has 0 aliphatic carbocycles. The second kappa shape index (κ2) is 13.3. The number of sulfone groups is 1. The molecule has 0 bridgehead atoms. The van der Waals surface area contributed by atoms with Gasteiger partial charge in [0.05, 0.1) is 20.2 Å². The maximum Gasteiger partial charge on any atom is 0.417 e. The Labute approximate surface area is 272 Å². The van der Waals surface area contributed by atoms with Crippen LogP contribution in [0.4, 0.5) is 18.9 Å². The van der Waals surface area contributed by atoms with E-state index in [1.807, 2.05) is 31.1 Å². The number of anilines is 1. The maximum absolute atomic E-state index is 13.9. The maximum atomic E-state index is 13.9. The first-order valence-corrected chi connectivity index (χ1v) is 18.0. The minimum atomic E-state index is -5.08. The Bertz CT molecular complexity index is 1840. The lowest BCUT2D eigenvalue weighted by Crippen LogP contribution is -2.52. The molecule has 0 spiro atoms. The number of alkyl halides is 3. The predicted octanol–water partition coefficient (Wildman–Crippen LogP) is 4.18. The number of carbonyl (C=O) groups excluding carboxylic acids is 2. The fourth-order valence-corrected chi connectivity index (χ4v) is 8.85. The van der Waals surface area contributed by atoms with Crippen molar-refractivity contribution in [3.05, 3.63) is 83.9 Å². The van der Waals surface area contributed by atoms with Crippen LogP contribution in [0.3, 0.4) is 0 Å². The average molecular weight is 693 g/mol. The number of halogens is 3. The molecule has 2 aliphatic rings. The summed E-state index contributed by atoms with van der Waals surface area (Å²) in [6.07, 6.45) is -3.72. The van der Waals surface area contributed by atoms with E-state index in [9.17, 15) is 39.6 Å². The molecule has 0 radical (unpaired) electrons. The Balaban J connectivity index is 1.28. The summed E-state index contributed by atoms with van der Waals surface area (Å²) in [6, 6.07) is 14.3. The fraction of sp³-hybridized carbons (Fsp3) is 0.375. The third-order valence-corrected chi connectivity index (χ3v) is 11.8. The van der Waals surface area contributed by atoms with E-state index in [0.717, 1.165) is 11.8 Å². The Hall–Kier alpha value is -3.95. The van der Waals surface area contributed by atoms with Gasteiger partial charge in [-0.05, 0) is 80.3 Å². The SMILES string of the molecule is CN(C)c1ccc(C(=O)N2CCC[C@@H]2C(=O)N2CCC(NS(=O)(=O)c3cc(S(=O)(=O)c4ccccc4)ccc3C(F)(F)F)CC2)cc1. The van der Waals surface area contributed by atoms with Crippen LogP contribution in [0, 0.1) is 0 Å². The van der Waals surface area contributed by atoms with Crippen molar-refractivity contribution < 1.29 is 39.6 Å². The van der Waals surface area contributed by atoms with Gasteiger partial charge >= 0.3 is 6.18 Å². The molecule has 0 unspecified atom stereocenters. The lowest BCUT2D eigenvalue weighted by Gasteiger charge is -2.35. The normalized spacial score (nSPS) is 17.9. The first kappa shape index (κ1) is 34.4. The van der Waals surface area contributed by atoms with Gasteiger partial charge in [-0.2, -0.15) is 13.2 Å². The molecule has 3 aromatic carbocycles. The van der Waals surface area contributed by atoms with E-state index in [4.69, 9.17) is 0 Å². The van der Waals surface area contributed by atoms with E-state index in [1.165, 1.54) is 24.3 Å². The lowest BCUT2D eigenvalue weighted by atomic mass is 10.0. The minimum Gasteiger partial charge on any atom is -0.378 e. The van der Waals surface area contributed by atoms with Crippen LogP contribution in [0.1, 0.15) is 41.6 Å². The molecular weight excluding hydrogens is 658 g/mol. The number of nitrogens with one attached hydrogen (secondary N) is 1. The molecule has 1 N–H and O–H groups in total. The largest absolute Gasteiger partial charge is 0.417 e. The Morgan fingerprint density at radius 1 is 0.830 bits per heavy atom. The summed E-state index contributed by atoms with van der Waals surface area (Å²) in [5, 5.41) is 0. The standard InChI is InChI=1S/C32H35F3N4O6S2/c1-37(2)24-12-10-22(11-13-24)30(40)39-18-6-9-28(39)31(41)38-19-16-23(17-20-38)36-47(44,45)29-21-26(14-15-27(29)32(33,34)35)46(42,43)25-7-4-3-5-8-25/h3-5,7-8,10-15,21,23,28,36H,6,9,16-20H2,1-2H3/t28-/m1/s1. The van der Waals surface area contributed by atoms with E-state index in [2.05, 4.69) is 4.72 Å². The minimum absolute atomic E-state index is 0.112. The molecule has 15 heteroatoms. The van der Waals surface area contributed by atoms with Gasteiger partial charge in [0, 0.05) is 51.0 Å². The zero-order valence-corrected chi connectivity index (χ0v) is 27.4. The second-order valence-electron chi connectivity index (χ2n) is 11.8. The van der Waals surface area contributed by atoms with Crippen molar-refractivity contribution in [1.29, 1.82) is 0 Å². The first-order valence-electron chi connectivity index (χ1n) is 15.0. The van der Waals surface area contributed by atoms with Crippen molar-refractivity contribution >= 4 is 37.4 Å². The van der Waals surface area contributed by atoms with Gasteiger partial charge < -0.3 is 14.7 Å². The number of nitrogens with zero attached hydrogens (tertiary/aromatic N) is 3. The summed E-state index contributed by atoms with van der Waals surface area (Å²) in [7, 11) is -5.38. The van der Waals surface area contributed by atoms with Crippen LogP contribution in [-0.2, 0) is 30.8 Å². The molecule has 2 saturated heterocycles. The van der Waals surface area contributed by atoms with Crippen LogP contribution in [0.25, 0.3) is 0 Å². The zero-order valence-electron chi connectivity index (χ0n) is 25.8. The van der Waals surface area contributed by atoms with E-state index in [0.29, 0.717) is 37.1 Å². The van der Waals surface area contributed by atoms with Crippen LogP contribution in [0.15, 0.2) is 87.5 Å². The molecular formula is C32H35F3N4O6S2. The Kier molecular flexibility index (Phi) is 9.71. The van der Waals surface area contributed by atoms with Crippen LogP contribution < -0.4 is 9.62 Å². The van der Waals surface area contributed by atoms with E-state index < -0.39 is 53.5 Å². The van der Waals surface area contributed by atoms with E-state index >= 15 is 0 Å². The Morgan fingerprint density at radius 3 is 2.06 bits per heavy atom. The lowest BCUT2D eigenvalue weighted by molar-refractivity contribution is -0.140. The predicted molar refractivity (Wildman–Crippen MR) is 168 cm³/mol. The van der Waals surface area contributed by atoms with Gasteiger partial charge in [0.15, 0.2) is 0 Å². The van der Waals surface area contributed by atoms with E-state index in [-0.39, 0.29) is 42.6 Å². The van der Waals surface area contributed by atoms with Crippen LogP contribution in [0.2, 0.25) is 0 Å². The van der Waals surface area contributed by atoms with Gasteiger partial charge in [0.1, 0.15) is 6.04 Å². The van der Waals surface area contributed by atoms with Crippen molar-refractivity contribution in [2.75, 3.05) is 38.6 Å². The molecule has 2 fully saturated rings. The summed E-state index contributed by atoms with van der Waals surface area (Å²) in [5.41, 5.74) is -0.108. The van der Waals surface area contributed by atoms with Crippen LogP contribution in [-0.4, -0.2) is 84.3 Å². The van der Waals surface area contributed by atoms with Gasteiger partial charge in [0.25, 0.3) is 5.91 Å². The third-order valence-electron chi connectivity index (χ3n) is 8.47. The monoisotopic (exact) mass is 692 g/mol. The topological polar surface area (TPSA) is 124 Å². The summed E-state index contributed by atoms with van der Waals surface area (Å²) in [5.74, 6) is -0.522. The second-order valence-corrected chi connectivity index (χ2v) is 15.4. The van der Waals surface area contributed by atoms with E-state index in [1.54, 1.807) is 28.0 Å². The van der Waals surface area contributed by atoms with Crippen molar-refractivity contribution in [1.82, 2.24) is 14.5 Å². The highest BCUT2D eigenvalue weighted by Gasteiger charge is 2.41. The number of sulfonamides is 1. The quantitative estimate of drug-likeness (QED) is 0.376. The highest BCUT2D eigenvalue weighted by Crippen LogP contribution is 2.37. The van der Waals surface area contributed by atoms with Crippen LogP contribution in [0.5, 0.6) is 0 Å². The molecule has 3 aromatic rings. The number of hydrogen-bond donors (Lipinski definition) is 1. The molecule has 2 heterocycles. The van der Waals surface area contributed by atoms with Crippen LogP contribution >= 0.6 is 0 Å². The molecule has 2 aliphatic heterocycles. The highest BCUT2D eigenvalue weighted by molar-refractivity contribution is 7.91. The third kappa shape index (κ3) is 7.31. The van der Waals surface area contributed by atoms with Gasteiger partial charge in [-0.3, -0.25) is 9.59 Å². The molecule has 1 atom stereocenters. The van der Waals surface area contributed by atoms with Crippen molar-refractivity contribution in [3.8, 4) is 0 Å². The molecule has 2 amide bonds. The number of carbonyl (C=O) groups is 2. The number of rotatable bonds is 8. The fourth-order valence-electron chi connectivity index (χ4n) is 5.91. The number of piperidine rings is 1. The Morgan fingerprint density at radius 2 is 1.47 bits per heavy atom. The van der Waals surface area contributed by atoms with Crippen molar-refractivity contribution in [2.24, 2.45) is 0 Å². The summed E-state index contributed by atoms with van der Waals surface area (Å²) < 4.78 is 97.0. The molecule has 47 heavy (non-hydrogen) atoms. The molecule has 10 nitrogen and oxygen atoms in total. The summed E-state index contributed by atoms with van der Waals surface area (Å²) >= 11 is 0. The highest BCUT2D eigenvalue weighted by atomic mass is 32.2. The first-order chi connectivity index (χ1) is 22.1. The van der Waals surface area contributed by atoms with Crippen molar-refractivity contribution in [2.45, 2.75) is 58.6 Å². The number of hydrogen-bond acceptors (Lipinski definition) is 7. The van der Waals surface area contributed by atoms with Gasteiger partial charge in [-0.15, -0.1) is 0 Å². The van der Waals surface area contributed by atoms with Gasteiger partial charge in [-0.1, -0.05) is 18.2 Å². The van der Waals surface area contributed by atoms with Crippen molar-refractivity contribution in [3.63, 3.8) is 0 Å². The molecule has 0 aromatic heterocycles. The molecule has 252 valence electrons. The number of benzene rings is 3. The zero-order chi connectivity index (χ0) is 34.1. The summed E-state index contributed by atoms with van der Waals surface area (Å²) in [6.45, 7) is 0.662. The molecule has 5 rings (SSSR count). The van der Waals surface area contributed by atoms with Gasteiger partial charge in [-0.25, -0.2) is 21.6 Å².